The summed E-state index contributed by atoms with van der Waals surface area (Å²) in [6.45, 7) is 6.44. The number of phenolic OH excluding ortho intramolecular Hbond substituents is 1. The van der Waals surface area contributed by atoms with Gasteiger partial charge < -0.3 is 25.0 Å². The summed E-state index contributed by atoms with van der Waals surface area (Å²) in [4.78, 5) is 0. The minimum atomic E-state index is -0.237. The second-order valence-electron chi connectivity index (χ2n) is 7.84. The first kappa shape index (κ1) is 20.9. The largest absolute Gasteiger partial charge is 0.508 e. The quantitative estimate of drug-likeness (QED) is 0.650. The Bertz CT molecular complexity index is 597. The van der Waals surface area contributed by atoms with Crippen molar-refractivity contribution in [3.8, 4) is 5.75 Å². The summed E-state index contributed by atoms with van der Waals surface area (Å²) in [6, 6.07) is 7.36. The van der Waals surface area contributed by atoms with E-state index in [0.717, 1.165) is 12.0 Å². The van der Waals surface area contributed by atoms with E-state index < -0.39 is 0 Å². The Kier molecular flexibility index (Phi) is 7.24. The van der Waals surface area contributed by atoms with Gasteiger partial charge >= 0.3 is 0 Å². The molecule has 5 nitrogen and oxygen atoms in total. The molecule has 0 saturated carbocycles. The molecule has 0 spiro atoms. The summed E-state index contributed by atoms with van der Waals surface area (Å²) < 4.78 is 11.9. The van der Waals surface area contributed by atoms with Crippen LogP contribution in [0.3, 0.4) is 0 Å². The smallest absolute Gasteiger partial charge is 0.115 e. The number of aromatic hydroxyl groups is 1. The molecule has 1 aromatic carbocycles. The topological polar surface area (TPSA) is 71.0 Å². The van der Waals surface area contributed by atoms with Crippen LogP contribution in [-0.4, -0.2) is 55.3 Å². The Morgan fingerprint density at radius 2 is 2.00 bits per heavy atom. The van der Waals surface area contributed by atoms with Crippen molar-refractivity contribution in [1.82, 2.24) is 5.32 Å². The van der Waals surface area contributed by atoms with Crippen LogP contribution in [0.5, 0.6) is 5.75 Å². The minimum absolute atomic E-state index is 0.000907. The number of aliphatic hydroxyl groups is 1. The number of allylic oxidation sites excluding steroid dienone is 1. The summed E-state index contributed by atoms with van der Waals surface area (Å²) in [6.07, 6.45) is 3.43. The number of phenols is 1. The molecular formula is C21H33NO4. The SMILES string of the molecule is CNC1C(OC)CC(CO)OC1C(C)(C)C=C(C)Cc1ccc(O)cc1. The molecular weight excluding hydrogens is 330 g/mol. The lowest BCUT2D eigenvalue weighted by Gasteiger charge is -2.47. The molecule has 146 valence electrons. The Labute approximate surface area is 157 Å². The molecule has 1 aromatic rings. The van der Waals surface area contributed by atoms with Gasteiger partial charge in [0.2, 0.25) is 0 Å². The molecule has 1 heterocycles. The van der Waals surface area contributed by atoms with Crippen LogP contribution >= 0.6 is 0 Å². The van der Waals surface area contributed by atoms with Crippen LogP contribution in [-0.2, 0) is 15.9 Å². The van der Waals surface area contributed by atoms with E-state index in [2.05, 4.69) is 32.2 Å². The molecule has 4 atom stereocenters. The van der Waals surface area contributed by atoms with E-state index in [-0.39, 0.29) is 42.1 Å². The number of methoxy groups -OCH3 is 1. The average molecular weight is 363 g/mol. The van der Waals surface area contributed by atoms with E-state index in [1.807, 2.05) is 19.2 Å². The van der Waals surface area contributed by atoms with Crippen LogP contribution in [0.4, 0.5) is 0 Å². The molecule has 26 heavy (non-hydrogen) atoms. The van der Waals surface area contributed by atoms with Gasteiger partial charge in [-0.05, 0) is 38.1 Å². The fourth-order valence-electron chi connectivity index (χ4n) is 3.99. The van der Waals surface area contributed by atoms with Crippen molar-refractivity contribution in [1.29, 1.82) is 0 Å². The van der Waals surface area contributed by atoms with E-state index in [1.54, 1.807) is 19.2 Å². The highest BCUT2D eigenvalue weighted by atomic mass is 16.5. The first-order chi connectivity index (χ1) is 12.3. The molecule has 0 aromatic heterocycles. The molecule has 4 unspecified atom stereocenters. The van der Waals surface area contributed by atoms with Crippen molar-refractivity contribution in [2.75, 3.05) is 20.8 Å². The van der Waals surface area contributed by atoms with Gasteiger partial charge in [-0.25, -0.2) is 0 Å². The molecule has 0 bridgehead atoms. The highest BCUT2D eigenvalue weighted by Crippen LogP contribution is 2.36. The molecule has 1 saturated heterocycles. The normalized spacial score (nSPS) is 27.5. The fourth-order valence-corrected chi connectivity index (χ4v) is 3.99. The predicted molar refractivity (Wildman–Crippen MR) is 103 cm³/mol. The van der Waals surface area contributed by atoms with E-state index in [0.29, 0.717) is 6.42 Å². The monoisotopic (exact) mass is 363 g/mol. The summed E-state index contributed by atoms with van der Waals surface area (Å²) >= 11 is 0. The third-order valence-electron chi connectivity index (χ3n) is 5.17. The molecule has 1 aliphatic heterocycles. The minimum Gasteiger partial charge on any atom is -0.508 e. The predicted octanol–water partition coefficient (Wildman–Crippen LogP) is 2.66. The lowest BCUT2D eigenvalue weighted by molar-refractivity contribution is -0.164. The standard InChI is InChI=1S/C21H33NO4/c1-14(10-15-6-8-16(24)9-7-15)12-21(2,3)20-19(22-4)18(25-5)11-17(13-23)26-20/h6-9,12,17-20,22-24H,10-11,13H2,1-5H3. The summed E-state index contributed by atoms with van der Waals surface area (Å²) in [5.74, 6) is 0.281. The lowest BCUT2D eigenvalue weighted by Crippen LogP contribution is -2.60. The zero-order chi connectivity index (χ0) is 19.3. The maximum absolute atomic E-state index is 9.61. The first-order valence-corrected chi connectivity index (χ1v) is 9.23. The number of aliphatic hydroxyl groups excluding tert-OH is 1. The van der Waals surface area contributed by atoms with Crippen LogP contribution in [0, 0.1) is 5.41 Å². The van der Waals surface area contributed by atoms with E-state index in [4.69, 9.17) is 9.47 Å². The number of ether oxygens (including phenoxy) is 2. The second kappa shape index (κ2) is 9.00. The average Bonchev–Trinajstić information content (AvgIpc) is 2.61. The van der Waals surface area contributed by atoms with Crippen molar-refractivity contribution >= 4 is 0 Å². The van der Waals surface area contributed by atoms with Gasteiger partial charge in [0.25, 0.3) is 0 Å². The Morgan fingerprint density at radius 3 is 2.54 bits per heavy atom. The highest BCUT2D eigenvalue weighted by Gasteiger charge is 2.44. The van der Waals surface area contributed by atoms with Crippen molar-refractivity contribution in [3.63, 3.8) is 0 Å². The number of nitrogens with one attached hydrogen (secondary N) is 1. The van der Waals surface area contributed by atoms with Gasteiger partial charge in [0, 0.05) is 18.9 Å². The van der Waals surface area contributed by atoms with Gasteiger partial charge in [-0.2, -0.15) is 0 Å². The maximum Gasteiger partial charge on any atom is 0.115 e. The third-order valence-corrected chi connectivity index (χ3v) is 5.17. The Hall–Kier alpha value is -1.40. The molecule has 5 heteroatoms. The van der Waals surface area contributed by atoms with Crippen molar-refractivity contribution in [2.45, 2.75) is 58.0 Å². The number of hydrogen-bond donors (Lipinski definition) is 3. The molecule has 3 N–H and O–H groups in total. The molecule has 0 aliphatic carbocycles. The molecule has 0 amide bonds. The van der Waals surface area contributed by atoms with Gasteiger partial charge in [0.15, 0.2) is 0 Å². The molecule has 0 radical (unpaired) electrons. The van der Waals surface area contributed by atoms with Crippen LogP contribution in [0.1, 0.15) is 32.8 Å². The zero-order valence-electron chi connectivity index (χ0n) is 16.5. The zero-order valence-corrected chi connectivity index (χ0v) is 16.5. The number of hydrogen-bond acceptors (Lipinski definition) is 5. The Balaban J connectivity index is 2.20. The number of rotatable bonds is 7. The molecule has 2 rings (SSSR count). The highest BCUT2D eigenvalue weighted by molar-refractivity contribution is 5.29. The molecule has 1 fully saturated rings. The van der Waals surface area contributed by atoms with Gasteiger partial charge in [-0.1, -0.05) is 37.6 Å². The maximum atomic E-state index is 9.61. The third kappa shape index (κ3) is 5.07. The number of likely N-dealkylation sites (N-methyl/N-ethyl adjacent to an activating group) is 1. The number of benzene rings is 1. The van der Waals surface area contributed by atoms with Gasteiger partial charge in [-0.3, -0.25) is 0 Å². The van der Waals surface area contributed by atoms with E-state index in [9.17, 15) is 10.2 Å². The van der Waals surface area contributed by atoms with Gasteiger partial charge in [0.1, 0.15) is 5.75 Å². The van der Waals surface area contributed by atoms with E-state index in [1.165, 1.54) is 5.57 Å². The fraction of sp³-hybridized carbons (Fsp3) is 0.619. The lowest BCUT2D eigenvalue weighted by atomic mass is 9.76. The first-order valence-electron chi connectivity index (χ1n) is 9.23. The van der Waals surface area contributed by atoms with Crippen LogP contribution in [0.25, 0.3) is 0 Å². The summed E-state index contributed by atoms with van der Waals surface area (Å²) in [5, 5.41) is 22.4. The Morgan fingerprint density at radius 1 is 1.35 bits per heavy atom. The summed E-state index contributed by atoms with van der Waals surface area (Å²) in [5.41, 5.74) is 2.16. The second-order valence-corrected chi connectivity index (χ2v) is 7.84. The van der Waals surface area contributed by atoms with Gasteiger partial charge in [-0.15, -0.1) is 0 Å². The van der Waals surface area contributed by atoms with Crippen LogP contribution in [0.2, 0.25) is 0 Å². The van der Waals surface area contributed by atoms with Gasteiger partial charge in [0.05, 0.1) is 31.0 Å². The van der Waals surface area contributed by atoms with Crippen molar-refractivity contribution in [3.05, 3.63) is 41.5 Å². The van der Waals surface area contributed by atoms with Crippen LogP contribution in [0.15, 0.2) is 35.9 Å². The molecule has 1 aliphatic rings. The van der Waals surface area contributed by atoms with Crippen molar-refractivity contribution in [2.24, 2.45) is 5.41 Å². The van der Waals surface area contributed by atoms with E-state index >= 15 is 0 Å². The van der Waals surface area contributed by atoms with Crippen LogP contribution < -0.4 is 5.32 Å². The van der Waals surface area contributed by atoms with Crippen molar-refractivity contribution < 1.29 is 19.7 Å². The summed E-state index contributed by atoms with van der Waals surface area (Å²) in [7, 11) is 3.64.